The van der Waals surface area contributed by atoms with Gasteiger partial charge in [-0.15, -0.1) is 12.4 Å². The average Bonchev–Trinajstić information content (AvgIpc) is 3.00. The van der Waals surface area contributed by atoms with Gasteiger partial charge in [0.2, 0.25) is 0 Å². The van der Waals surface area contributed by atoms with E-state index in [0.717, 1.165) is 18.2 Å². The van der Waals surface area contributed by atoms with Gasteiger partial charge in [-0.2, -0.15) is 0 Å². The van der Waals surface area contributed by atoms with Crippen molar-refractivity contribution in [2.45, 2.75) is 9.79 Å². The van der Waals surface area contributed by atoms with Crippen molar-refractivity contribution in [3.8, 4) is 0 Å². The van der Waals surface area contributed by atoms with Crippen LogP contribution in [-0.2, 0) is 24.8 Å². The normalized spacial score (nSPS) is 13.4. The molecule has 1 fully saturated rings. The second-order valence-electron chi connectivity index (χ2n) is 9.57. The Morgan fingerprint density at radius 2 is 1.38 bits per heavy atom. The number of carbonyl (C=O) groups is 1. The maximum absolute atomic E-state index is 13.6. The molecule has 0 spiro atoms. The van der Waals surface area contributed by atoms with Crippen LogP contribution in [0.3, 0.4) is 0 Å². The Balaban J connectivity index is 0.00000461. The molecule has 1 aliphatic heterocycles. The molecule has 1 aliphatic rings. The average molecular weight is 716 g/mol. The maximum Gasteiger partial charge on any atom is 0.262 e. The fraction of sp³-hybridized carbons (Fsp3) is 0.138. The highest BCUT2D eigenvalue weighted by Gasteiger charge is 2.24. The van der Waals surface area contributed by atoms with Crippen molar-refractivity contribution in [2.24, 2.45) is 0 Å². The van der Waals surface area contributed by atoms with E-state index >= 15 is 0 Å². The Kier molecular flexibility index (Phi) is 10.8. The van der Waals surface area contributed by atoms with Crippen LogP contribution in [0.15, 0.2) is 94.7 Å². The summed E-state index contributed by atoms with van der Waals surface area (Å²) < 4.78 is 76.1. The van der Waals surface area contributed by atoms with Gasteiger partial charge in [0.25, 0.3) is 26.0 Å². The van der Waals surface area contributed by atoms with Gasteiger partial charge in [-0.05, 0) is 72.8 Å². The number of benzene rings is 4. The topological polar surface area (TPSA) is 134 Å². The zero-order valence-electron chi connectivity index (χ0n) is 23.2. The van der Waals surface area contributed by atoms with E-state index < -0.39 is 31.8 Å². The SMILES string of the molecule is Cl.O=C(Nc1cc(S(=O)(=O)Nc2ccccc2Cl)ccc1N1CCOCC1)c1cc(S(=O)(=O)Nc2ccc(F)cc2)ccc1Cl. The number of morpholine rings is 1. The van der Waals surface area contributed by atoms with Gasteiger partial charge in [0.15, 0.2) is 0 Å². The monoisotopic (exact) mass is 714 g/mol. The van der Waals surface area contributed by atoms with E-state index in [0.29, 0.717) is 32.0 Å². The predicted molar refractivity (Wildman–Crippen MR) is 176 cm³/mol. The summed E-state index contributed by atoms with van der Waals surface area (Å²) in [5, 5.41) is 2.87. The lowest BCUT2D eigenvalue weighted by atomic mass is 10.2. The molecule has 5 rings (SSSR count). The highest BCUT2D eigenvalue weighted by Crippen LogP contribution is 2.33. The van der Waals surface area contributed by atoms with Crippen LogP contribution < -0.4 is 19.7 Å². The standard InChI is InChI=1S/C29H25Cl2FN4O6S2.ClH/c30-24-11-9-21(43(38,39)34-20-7-5-19(32)6-8-20)17-23(24)29(37)33-27-18-22(10-12-28(27)36-13-15-42-16-14-36)44(40,41)35-26-4-2-1-3-25(26)31;/h1-12,17-18,34-35H,13-16H2,(H,33,37);1H. The van der Waals surface area contributed by atoms with Crippen molar-refractivity contribution < 1.29 is 30.8 Å². The summed E-state index contributed by atoms with van der Waals surface area (Å²) in [5.74, 6) is -1.32. The lowest BCUT2D eigenvalue weighted by Crippen LogP contribution is -2.36. The number of para-hydroxylation sites is 1. The van der Waals surface area contributed by atoms with Crippen molar-refractivity contribution >= 4 is 84.3 Å². The molecule has 1 saturated heterocycles. The van der Waals surface area contributed by atoms with E-state index in [1.54, 1.807) is 24.3 Å². The fourth-order valence-electron chi connectivity index (χ4n) is 4.38. The van der Waals surface area contributed by atoms with Crippen LogP contribution in [0.5, 0.6) is 0 Å². The molecule has 1 heterocycles. The molecule has 0 aromatic heterocycles. The summed E-state index contributed by atoms with van der Waals surface area (Å²) in [7, 11) is -8.33. The Morgan fingerprint density at radius 1 is 0.756 bits per heavy atom. The van der Waals surface area contributed by atoms with E-state index in [1.807, 2.05) is 4.90 Å². The summed E-state index contributed by atoms with van der Waals surface area (Å²) in [4.78, 5) is 15.1. The highest BCUT2D eigenvalue weighted by molar-refractivity contribution is 7.93. The van der Waals surface area contributed by atoms with Gasteiger partial charge < -0.3 is 15.0 Å². The molecule has 16 heteroatoms. The molecule has 4 aromatic carbocycles. The van der Waals surface area contributed by atoms with E-state index in [-0.39, 0.29) is 54.9 Å². The number of nitrogens with one attached hydrogen (secondary N) is 3. The molecule has 238 valence electrons. The molecule has 0 saturated carbocycles. The molecule has 0 radical (unpaired) electrons. The lowest BCUT2D eigenvalue weighted by Gasteiger charge is -2.31. The first-order valence-electron chi connectivity index (χ1n) is 13.1. The number of carbonyl (C=O) groups excluding carboxylic acids is 1. The summed E-state index contributed by atoms with van der Waals surface area (Å²) in [6, 6.07) is 18.9. The summed E-state index contributed by atoms with van der Waals surface area (Å²) >= 11 is 12.5. The third kappa shape index (κ3) is 8.17. The molecule has 0 atom stereocenters. The van der Waals surface area contributed by atoms with Gasteiger partial charge in [0, 0.05) is 18.8 Å². The minimum absolute atomic E-state index is 0. The Bertz CT molecular complexity index is 1920. The lowest BCUT2D eigenvalue weighted by molar-refractivity contribution is 0.102. The third-order valence-electron chi connectivity index (χ3n) is 6.59. The van der Waals surface area contributed by atoms with E-state index in [2.05, 4.69) is 14.8 Å². The second-order valence-corrected chi connectivity index (χ2v) is 13.8. The molecule has 10 nitrogen and oxygen atoms in total. The molecule has 0 aliphatic carbocycles. The smallest absolute Gasteiger partial charge is 0.262 e. The summed E-state index contributed by atoms with van der Waals surface area (Å²) in [6.07, 6.45) is 0. The van der Waals surface area contributed by atoms with E-state index in [1.165, 1.54) is 42.5 Å². The number of nitrogens with zero attached hydrogens (tertiary/aromatic N) is 1. The van der Waals surface area contributed by atoms with Crippen LogP contribution in [0.1, 0.15) is 10.4 Å². The quantitative estimate of drug-likeness (QED) is 0.187. The van der Waals surface area contributed by atoms with Crippen LogP contribution in [0, 0.1) is 5.82 Å². The second kappa shape index (κ2) is 14.2. The van der Waals surface area contributed by atoms with Gasteiger partial charge in [-0.1, -0.05) is 35.3 Å². The Labute approximate surface area is 276 Å². The van der Waals surface area contributed by atoms with Crippen LogP contribution >= 0.6 is 35.6 Å². The largest absolute Gasteiger partial charge is 0.378 e. The maximum atomic E-state index is 13.6. The first-order chi connectivity index (χ1) is 20.9. The fourth-order valence-corrected chi connectivity index (χ4v) is 7.01. The Hall–Kier alpha value is -3.59. The van der Waals surface area contributed by atoms with Crippen LogP contribution in [0.4, 0.5) is 27.1 Å². The first kappa shape index (κ1) is 34.3. The zero-order chi connectivity index (χ0) is 31.5. The van der Waals surface area contributed by atoms with Crippen LogP contribution in [0.2, 0.25) is 10.0 Å². The molecular formula is C29H26Cl3FN4O6S2. The van der Waals surface area contributed by atoms with E-state index in [9.17, 15) is 26.0 Å². The number of hydrogen-bond acceptors (Lipinski definition) is 7. The van der Waals surface area contributed by atoms with Crippen molar-refractivity contribution in [2.75, 3.05) is 46.0 Å². The van der Waals surface area contributed by atoms with Crippen molar-refractivity contribution in [3.05, 3.63) is 106 Å². The van der Waals surface area contributed by atoms with Gasteiger partial charge >= 0.3 is 0 Å². The van der Waals surface area contributed by atoms with Crippen molar-refractivity contribution in [1.29, 1.82) is 0 Å². The van der Waals surface area contributed by atoms with Gasteiger partial charge in [-0.3, -0.25) is 14.2 Å². The number of halogens is 4. The van der Waals surface area contributed by atoms with Crippen molar-refractivity contribution in [3.63, 3.8) is 0 Å². The van der Waals surface area contributed by atoms with Crippen LogP contribution in [-0.4, -0.2) is 49.0 Å². The predicted octanol–water partition coefficient (Wildman–Crippen LogP) is 6.24. The zero-order valence-corrected chi connectivity index (χ0v) is 27.1. The third-order valence-corrected chi connectivity index (χ3v) is 9.99. The van der Waals surface area contributed by atoms with Crippen LogP contribution in [0.25, 0.3) is 0 Å². The van der Waals surface area contributed by atoms with Gasteiger partial charge in [-0.25, -0.2) is 21.2 Å². The first-order valence-corrected chi connectivity index (χ1v) is 16.8. The molecule has 45 heavy (non-hydrogen) atoms. The van der Waals surface area contributed by atoms with Gasteiger partial charge in [0.05, 0.1) is 55.7 Å². The number of sulfonamides is 2. The Morgan fingerprint density at radius 3 is 2.07 bits per heavy atom. The van der Waals surface area contributed by atoms with E-state index in [4.69, 9.17) is 27.9 Å². The molecule has 1 amide bonds. The molecule has 4 aromatic rings. The highest BCUT2D eigenvalue weighted by atomic mass is 35.5. The molecule has 0 bridgehead atoms. The molecule has 0 unspecified atom stereocenters. The summed E-state index contributed by atoms with van der Waals surface area (Å²) in [6.45, 7) is 1.81. The number of ether oxygens (including phenoxy) is 1. The molecular weight excluding hydrogens is 690 g/mol. The summed E-state index contributed by atoms with van der Waals surface area (Å²) in [5.41, 5.74) is 0.787. The van der Waals surface area contributed by atoms with Gasteiger partial charge in [0.1, 0.15) is 5.82 Å². The van der Waals surface area contributed by atoms with Crippen molar-refractivity contribution in [1.82, 2.24) is 0 Å². The number of amides is 1. The minimum atomic E-state index is -4.19. The molecule has 3 N–H and O–H groups in total. The minimum Gasteiger partial charge on any atom is -0.378 e. The number of rotatable bonds is 9. The number of hydrogen-bond donors (Lipinski definition) is 3. The number of anilines is 4.